The van der Waals surface area contributed by atoms with Crippen molar-refractivity contribution in [3.63, 3.8) is 0 Å². The molecule has 0 saturated carbocycles. The van der Waals surface area contributed by atoms with E-state index >= 15 is 0 Å². The van der Waals surface area contributed by atoms with Crippen molar-refractivity contribution in [1.29, 1.82) is 5.26 Å². The van der Waals surface area contributed by atoms with E-state index in [1.165, 1.54) is 0 Å². The zero-order valence-corrected chi connectivity index (χ0v) is 12.6. The number of aryl methyl sites for hydroxylation is 1. The Hall–Kier alpha value is -1.67. The van der Waals surface area contributed by atoms with Gasteiger partial charge in [0.05, 0.1) is 6.07 Å². The van der Waals surface area contributed by atoms with Crippen molar-refractivity contribution in [3.05, 3.63) is 33.8 Å². The monoisotopic (exact) mass is 322 g/mol. The summed E-state index contributed by atoms with van der Waals surface area (Å²) in [4.78, 5) is 24.1. The summed E-state index contributed by atoms with van der Waals surface area (Å²) >= 11 is 3.28. The second-order valence-corrected chi connectivity index (χ2v) is 5.46. The molecule has 4 nitrogen and oxygen atoms in total. The second-order valence-electron chi connectivity index (χ2n) is 4.55. The number of hydrogen-bond donors (Lipinski definition) is 1. The van der Waals surface area contributed by atoms with Crippen LogP contribution in [0, 0.1) is 24.2 Å². The van der Waals surface area contributed by atoms with Crippen LogP contribution in [0.2, 0.25) is 0 Å². The van der Waals surface area contributed by atoms with Crippen molar-refractivity contribution < 1.29 is 9.59 Å². The molecular formula is C14H15BrN2O2. The van der Waals surface area contributed by atoms with Gasteiger partial charge in [-0.05, 0) is 38.5 Å². The van der Waals surface area contributed by atoms with Crippen molar-refractivity contribution in [2.45, 2.75) is 26.8 Å². The van der Waals surface area contributed by atoms with Crippen molar-refractivity contribution in [1.82, 2.24) is 5.32 Å². The minimum Gasteiger partial charge on any atom is -0.352 e. The lowest BCUT2D eigenvalue weighted by Gasteiger charge is -2.13. The normalized spacial score (nSPS) is 11.8. The number of nitrogens with zero attached hydrogens (tertiary/aromatic N) is 1. The molecule has 1 amide bonds. The smallest absolute Gasteiger partial charge is 0.245 e. The van der Waals surface area contributed by atoms with Crippen molar-refractivity contribution in [2.75, 3.05) is 0 Å². The quantitative estimate of drug-likeness (QED) is 0.684. The van der Waals surface area contributed by atoms with Gasteiger partial charge in [0.25, 0.3) is 0 Å². The largest absolute Gasteiger partial charge is 0.352 e. The van der Waals surface area contributed by atoms with Crippen LogP contribution in [-0.4, -0.2) is 17.7 Å². The van der Waals surface area contributed by atoms with Gasteiger partial charge in [0, 0.05) is 16.1 Å². The molecule has 0 spiro atoms. The van der Waals surface area contributed by atoms with Crippen LogP contribution in [0.4, 0.5) is 0 Å². The van der Waals surface area contributed by atoms with Crippen LogP contribution in [0.1, 0.15) is 29.8 Å². The fourth-order valence-electron chi connectivity index (χ4n) is 1.62. The Balaban J connectivity index is 3.06. The van der Waals surface area contributed by atoms with Crippen molar-refractivity contribution >= 4 is 27.6 Å². The van der Waals surface area contributed by atoms with E-state index in [-0.39, 0.29) is 6.04 Å². The van der Waals surface area contributed by atoms with Gasteiger partial charge in [0.15, 0.2) is 11.7 Å². The Morgan fingerprint density at radius 1 is 1.37 bits per heavy atom. The van der Waals surface area contributed by atoms with Crippen LogP contribution >= 0.6 is 15.9 Å². The number of nitriles is 1. The van der Waals surface area contributed by atoms with Gasteiger partial charge in [-0.3, -0.25) is 9.59 Å². The Kier molecular flexibility index (Phi) is 5.25. The summed E-state index contributed by atoms with van der Waals surface area (Å²) in [5.74, 6) is -2.34. The van der Waals surface area contributed by atoms with E-state index in [1.54, 1.807) is 39.0 Å². The van der Waals surface area contributed by atoms with Crippen LogP contribution in [0.5, 0.6) is 0 Å². The molecule has 19 heavy (non-hydrogen) atoms. The molecule has 1 rings (SSSR count). The zero-order chi connectivity index (χ0) is 14.6. The number of amides is 1. The summed E-state index contributed by atoms with van der Waals surface area (Å²) < 4.78 is 0.738. The Morgan fingerprint density at radius 2 is 2.00 bits per heavy atom. The molecule has 0 aromatic heterocycles. The number of Topliss-reactive ketones (excluding diaryl/α,β-unsaturated/α-hetero) is 1. The van der Waals surface area contributed by atoms with Crippen LogP contribution in [0.15, 0.2) is 22.7 Å². The zero-order valence-electron chi connectivity index (χ0n) is 11.0. The molecule has 0 bridgehead atoms. The lowest BCUT2D eigenvalue weighted by Crippen LogP contribution is -2.38. The van der Waals surface area contributed by atoms with Crippen molar-refractivity contribution in [2.24, 2.45) is 5.92 Å². The van der Waals surface area contributed by atoms with Gasteiger partial charge in [-0.2, -0.15) is 5.26 Å². The number of carbonyl (C=O) groups excluding carboxylic acids is 2. The molecule has 100 valence electrons. The minimum absolute atomic E-state index is 0.111. The number of nitrogens with one attached hydrogen (secondary N) is 1. The van der Waals surface area contributed by atoms with Gasteiger partial charge >= 0.3 is 0 Å². The van der Waals surface area contributed by atoms with Gasteiger partial charge in [0.1, 0.15) is 0 Å². The third-order valence-corrected chi connectivity index (χ3v) is 3.04. The summed E-state index contributed by atoms with van der Waals surface area (Å²) in [6, 6.07) is 6.87. The van der Waals surface area contributed by atoms with E-state index in [0.29, 0.717) is 5.56 Å². The second kappa shape index (κ2) is 6.48. The summed E-state index contributed by atoms with van der Waals surface area (Å²) in [5, 5.41) is 11.6. The first-order valence-corrected chi connectivity index (χ1v) is 6.66. The summed E-state index contributed by atoms with van der Waals surface area (Å²) in [5.41, 5.74) is 1.13. The van der Waals surface area contributed by atoms with Gasteiger partial charge in [-0.25, -0.2) is 0 Å². The molecule has 0 fully saturated rings. The van der Waals surface area contributed by atoms with Gasteiger partial charge in [-0.15, -0.1) is 0 Å². The summed E-state index contributed by atoms with van der Waals surface area (Å²) in [7, 11) is 0. The highest BCUT2D eigenvalue weighted by Gasteiger charge is 2.28. The Labute approximate surface area is 120 Å². The number of ketones is 1. The number of rotatable bonds is 4. The molecule has 1 aromatic rings. The number of benzene rings is 1. The maximum Gasteiger partial charge on any atom is 0.245 e. The lowest BCUT2D eigenvalue weighted by molar-refractivity contribution is -0.122. The molecule has 5 heteroatoms. The van der Waals surface area contributed by atoms with E-state index < -0.39 is 17.6 Å². The highest BCUT2D eigenvalue weighted by atomic mass is 79.9. The van der Waals surface area contributed by atoms with E-state index in [9.17, 15) is 9.59 Å². The number of halogens is 1. The molecule has 1 N–H and O–H groups in total. The molecule has 0 aliphatic rings. The van der Waals surface area contributed by atoms with Gasteiger partial charge in [-0.1, -0.05) is 22.0 Å². The molecule has 0 unspecified atom stereocenters. The molecule has 0 saturated heterocycles. The third kappa shape index (κ3) is 3.90. The summed E-state index contributed by atoms with van der Waals surface area (Å²) in [6.45, 7) is 5.33. The van der Waals surface area contributed by atoms with Crippen LogP contribution in [0.3, 0.4) is 0 Å². The predicted octanol–water partition coefficient (Wildman–Crippen LogP) is 2.60. The van der Waals surface area contributed by atoms with Gasteiger partial charge < -0.3 is 5.32 Å². The number of carbonyl (C=O) groups is 2. The van der Waals surface area contributed by atoms with Crippen LogP contribution in [0.25, 0.3) is 0 Å². The number of hydrogen-bond acceptors (Lipinski definition) is 3. The maximum absolute atomic E-state index is 12.3. The topological polar surface area (TPSA) is 70.0 Å². The molecule has 0 heterocycles. The standard InChI is InChI=1S/C14H15BrN2O2/c1-8(2)17-14(19)12(7-16)13(18)11-6-10(15)5-4-9(11)3/h4-6,8,12H,1-3H3,(H,17,19)/t12-/m1/s1. The highest BCUT2D eigenvalue weighted by Crippen LogP contribution is 2.19. The molecule has 0 radical (unpaired) electrons. The predicted molar refractivity (Wildman–Crippen MR) is 75.6 cm³/mol. The van der Waals surface area contributed by atoms with Gasteiger partial charge in [0.2, 0.25) is 5.91 Å². The van der Waals surface area contributed by atoms with E-state index in [1.807, 2.05) is 6.07 Å². The van der Waals surface area contributed by atoms with Crippen LogP contribution < -0.4 is 5.32 Å². The van der Waals surface area contributed by atoms with E-state index in [0.717, 1.165) is 10.0 Å². The molecular weight excluding hydrogens is 308 g/mol. The maximum atomic E-state index is 12.3. The molecule has 1 atom stereocenters. The molecule has 1 aromatic carbocycles. The SMILES string of the molecule is Cc1ccc(Br)cc1C(=O)[C@@H](C#N)C(=O)NC(C)C. The average molecular weight is 323 g/mol. The first-order valence-electron chi connectivity index (χ1n) is 5.87. The first-order chi connectivity index (χ1) is 8.86. The van der Waals surface area contributed by atoms with E-state index in [2.05, 4.69) is 21.2 Å². The molecule has 0 aliphatic heterocycles. The minimum atomic E-state index is -1.31. The Bertz CT molecular complexity index is 547. The van der Waals surface area contributed by atoms with Crippen LogP contribution in [-0.2, 0) is 4.79 Å². The average Bonchev–Trinajstić information content (AvgIpc) is 2.32. The van der Waals surface area contributed by atoms with Crippen molar-refractivity contribution in [3.8, 4) is 6.07 Å². The first kappa shape index (κ1) is 15.4. The molecule has 0 aliphatic carbocycles. The lowest BCUT2D eigenvalue weighted by atomic mass is 9.94. The van der Waals surface area contributed by atoms with E-state index in [4.69, 9.17) is 5.26 Å². The highest BCUT2D eigenvalue weighted by molar-refractivity contribution is 9.10. The Morgan fingerprint density at radius 3 is 2.53 bits per heavy atom. The fraction of sp³-hybridized carbons (Fsp3) is 0.357. The third-order valence-electron chi connectivity index (χ3n) is 2.55. The fourth-order valence-corrected chi connectivity index (χ4v) is 1.98. The summed E-state index contributed by atoms with van der Waals surface area (Å²) in [6.07, 6.45) is 0.